The minimum atomic E-state index is -0.448. The van der Waals surface area contributed by atoms with Crippen LogP contribution in [-0.2, 0) is 4.74 Å². The van der Waals surface area contributed by atoms with Gasteiger partial charge in [0.2, 0.25) is 0 Å². The van der Waals surface area contributed by atoms with E-state index < -0.39 is 5.60 Å². The highest BCUT2D eigenvalue weighted by atomic mass is 127. The van der Waals surface area contributed by atoms with E-state index >= 15 is 0 Å². The summed E-state index contributed by atoms with van der Waals surface area (Å²) in [4.78, 5) is 19.0. The van der Waals surface area contributed by atoms with E-state index in [-0.39, 0.29) is 42.2 Å². The summed E-state index contributed by atoms with van der Waals surface area (Å²) in [7, 11) is 1.81. The summed E-state index contributed by atoms with van der Waals surface area (Å²) in [6.07, 6.45) is 3.84. The van der Waals surface area contributed by atoms with E-state index in [1.165, 1.54) is 5.56 Å². The van der Waals surface area contributed by atoms with Gasteiger partial charge in [0, 0.05) is 31.7 Å². The van der Waals surface area contributed by atoms with E-state index in [2.05, 4.69) is 39.4 Å². The normalized spacial score (nSPS) is 25.2. The summed E-state index contributed by atoms with van der Waals surface area (Å²) >= 11 is 1.73. The Morgan fingerprint density at radius 2 is 2.00 bits per heavy atom. The van der Waals surface area contributed by atoms with Gasteiger partial charge in [0.15, 0.2) is 5.96 Å². The van der Waals surface area contributed by atoms with Gasteiger partial charge in [0.1, 0.15) is 5.60 Å². The van der Waals surface area contributed by atoms with Crippen molar-refractivity contribution in [2.24, 2.45) is 4.99 Å². The topological polar surface area (TPSA) is 66.0 Å². The number of nitrogens with zero attached hydrogens (tertiary/aromatic N) is 2. The van der Waals surface area contributed by atoms with E-state index in [0.717, 1.165) is 38.2 Å². The average Bonchev–Trinajstić information content (AvgIpc) is 3.24. The maximum Gasteiger partial charge on any atom is 0.410 e. The molecule has 3 heterocycles. The Kier molecular flexibility index (Phi) is 8.63. The largest absolute Gasteiger partial charge is 0.444 e. The first kappa shape index (κ1) is 24.2. The van der Waals surface area contributed by atoms with Crippen LogP contribution in [0.4, 0.5) is 4.79 Å². The van der Waals surface area contributed by atoms with E-state index in [1.807, 2.05) is 32.7 Å². The quantitative estimate of drug-likeness (QED) is 0.338. The van der Waals surface area contributed by atoms with Crippen molar-refractivity contribution < 1.29 is 9.53 Å². The lowest BCUT2D eigenvalue weighted by Gasteiger charge is -2.40. The standard InChI is InChI=1S/C21H34N4O2S.HI/c1-14(15-8-9-28-13-15)12-23-19(22-5)24-16-10-17-6-7-18(11-16)25(17)20(26)27-21(2,3)4;/h8-9,13-14,16-18H,6-7,10-12H2,1-5H3,(H2,22,23,24);1H. The summed E-state index contributed by atoms with van der Waals surface area (Å²) in [6.45, 7) is 8.84. The average molecular weight is 535 g/mol. The smallest absolute Gasteiger partial charge is 0.410 e. The molecular weight excluding hydrogens is 499 g/mol. The van der Waals surface area contributed by atoms with Crippen molar-refractivity contribution in [2.45, 2.75) is 83.0 Å². The number of amides is 1. The first-order chi connectivity index (χ1) is 13.3. The molecule has 3 atom stereocenters. The number of aliphatic imine (C=N–C) groups is 1. The van der Waals surface area contributed by atoms with Crippen LogP contribution in [0.15, 0.2) is 21.8 Å². The van der Waals surface area contributed by atoms with Gasteiger partial charge < -0.3 is 20.3 Å². The van der Waals surface area contributed by atoms with Gasteiger partial charge in [-0.05, 0) is 74.8 Å². The summed E-state index contributed by atoms with van der Waals surface area (Å²) in [5.41, 5.74) is 0.910. The predicted octanol–water partition coefficient (Wildman–Crippen LogP) is 4.57. The molecule has 2 aliphatic heterocycles. The molecule has 1 aromatic rings. The molecule has 8 heteroatoms. The minimum Gasteiger partial charge on any atom is -0.444 e. The van der Waals surface area contributed by atoms with Crippen molar-refractivity contribution >= 4 is 47.4 Å². The van der Waals surface area contributed by atoms with Gasteiger partial charge in [-0.1, -0.05) is 6.92 Å². The molecule has 0 spiro atoms. The number of carbonyl (C=O) groups excluding carboxylic acids is 1. The number of rotatable bonds is 4. The van der Waals surface area contributed by atoms with Crippen molar-refractivity contribution in [3.63, 3.8) is 0 Å². The molecule has 2 aliphatic rings. The third-order valence-electron chi connectivity index (χ3n) is 5.59. The Hall–Kier alpha value is -1.03. The third kappa shape index (κ3) is 6.47. The monoisotopic (exact) mass is 534 g/mol. The number of carbonyl (C=O) groups is 1. The van der Waals surface area contributed by atoms with Crippen LogP contribution in [0.3, 0.4) is 0 Å². The van der Waals surface area contributed by atoms with Gasteiger partial charge in [0.25, 0.3) is 0 Å². The summed E-state index contributed by atoms with van der Waals surface area (Å²) in [5.74, 6) is 1.28. The molecule has 29 heavy (non-hydrogen) atoms. The SMILES string of the molecule is CN=C(NCC(C)c1ccsc1)NC1CC2CCC(C1)N2C(=O)OC(C)(C)C.I. The van der Waals surface area contributed by atoms with Crippen molar-refractivity contribution in [3.05, 3.63) is 22.4 Å². The Bertz CT molecular complexity index is 675. The molecule has 0 aromatic carbocycles. The molecular formula is C21H35IN4O2S. The molecule has 3 rings (SSSR count). The van der Waals surface area contributed by atoms with Gasteiger partial charge in [-0.25, -0.2) is 4.79 Å². The van der Waals surface area contributed by atoms with Gasteiger partial charge in [-0.15, -0.1) is 24.0 Å². The van der Waals surface area contributed by atoms with Crippen LogP contribution < -0.4 is 10.6 Å². The first-order valence-corrected chi connectivity index (χ1v) is 11.2. The molecule has 2 fully saturated rings. The van der Waals surface area contributed by atoms with Crippen molar-refractivity contribution in [3.8, 4) is 0 Å². The highest BCUT2D eigenvalue weighted by molar-refractivity contribution is 14.0. The number of fused-ring (bicyclic) bond motifs is 2. The zero-order valence-electron chi connectivity index (χ0n) is 18.1. The molecule has 0 aliphatic carbocycles. The fraction of sp³-hybridized carbons (Fsp3) is 0.714. The molecule has 1 aromatic heterocycles. The molecule has 2 N–H and O–H groups in total. The molecule has 3 unspecified atom stereocenters. The number of hydrogen-bond donors (Lipinski definition) is 2. The second-order valence-electron chi connectivity index (χ2n) is 9.00. The minimum absolute atomic E-state index is 0. The van der Waals surface area contributed by atoms with Crippen LogP contribution in [0.5, 0.6) is 0 Å². The van der Waals surface area contributed by atoms with Gasteiger partial charge in [-0.3, -0.25) is 4.99 Å². The highest BCUT2D eigenvalue weighted by Crippen LogP contribution is 2.36. The fourth-order valence-corrected chi connectivity index (χ4v) is 5.00. The third-order valence-corrected chi connectivity index (χ3v) is 6.29. The number of ether oxygens (including phenoxy) is 1. The Morgan fingerprint density at radius 1 is 1.34 bits per heavy atom. The highest BCUT2D eigenvalue weighted by Gasteiger charge is 2.45. The van der Waals surface area contributed by atoms with E-state index in [4.69, 9.17) is 4.74 Å². The van der Waals surface area contributed by atoms with Crippen LogP contribution in [0.1, 0.15) is 64.9 Å². The van der Waals surface area contributed by atoms with Gasteiger partial charge in [-0.2, -0.15) is 11.3 Å². The van der Waals surface area contributed by atoms with Crippen LogP contribution >= 0.6 is 35.3 Å². The van der Waals surface area contributed by atoms with Crippen LogP contribution in [-0.4, -0.2) is 54.3 Å². The molecule has 1 amide bonds. The zero-order chi connectivity index (χ0) is 20.3. The Balaban J connectivity index is 0.00000300. The molecule has 2 saturated heterocycles. The lowest BCUT2D eigenvalue weighted by atomic mass is 9.98. The second-order valence-corrected chi connectivity index (χ2v) is 9.78. The Labute approximate surface area is 195 Å². The van der Waals surface area contributed by atoms with Crippen LogP contribution in [0.25, 0.3) is 0 Å². The van der Waals surface area contributed by atoms with E-state index in [0.29, 0.717) is 12.0 Å². The maximum atomic E-state index is 12.6. The summed E-state index contributed by atoms with van der Waals surface area (Å²) in [5, 5.41) is 11.4. The van der Waals surface area contributed by atoms with E-state index in [1.54, 1.807) is 11.3 Å². The van der Waals surface area contributed by atoms with Crippen molar-refractivity contribution in [1.82, 2.24) is 15.5 Å². The number of guanidine groups is 1. The van der Waals surface area contributed by atoms with Crippen molar-refractivity contribution in [1.29, 1.82) is 0 Å². The molecule has 6 nitrogen and oxygen atoms in total. The lowest BCUT2D eigenvalue weighted by molar-refractivity contribution is 0.00545. The number of nitrogens with one attached hydrogen (secondary N) is 2. The second kappa shape index (κ2) is 10.3. The summed E-state index contributed by atoms with van der Waals surface area (Å²) < 4.78 is 5.63. The molecule has 0 saturated carbocycles. The van der Waals surface area contributed by atoms with Crippen molar-refractivity contribution in [2.75, 3.05) is 13.6 Å². The molecule has 0 radical (unpaired) electrons. The number of piperidine rings is 1. The summed E-state index contributed by atoms with van der Waals surface area (Å²) in [6, 6.07) is 3.03. The Morgan fingerprint density at radius 3 is 2.52 bits per heavy atom. The van der Waals surface area contributed by atoms with Crippen LogP contribution in [0.2, 0.25) is 0 Å². The van der Waals surface area contributed by atoms with Gasteiger partial charge >= 0.3 is 6.09 Å². The zero-order valence-corrected chi connectivity index (χ0v) is 21.3. The molecule has 164 valence electrons. The number of halogens is 1. The number of thiophene rings is 1. The van der Waals surface area contributed by atoms with E-state index in [9.17, 15) is 4.79 Å². The fourth-order valence-electron chi connectivity index (χ4n) is 4.22. The number of hydrogen-bond acceptors (Lipinski definition) is 4. The molecule has 2 bridgehead atoms. The van der Waals surface area contributed by atoms with Crippen LogP contribution in [0, 0.1) is 0 Å². The first-order valence-electron chi connectivity index (χ1n) is 10.3. The maximum absolute atomic E-state index is 12.6. The lowest BCUT2D eigenvalue weighted by Crippen LogP contribution is -2.55. The van der Waals surface area contributed by atoms with Gasteiger partial charge in [0.05, 0.1) is 0 Å². The predicted molar refractivity (Wildman–Crippen MR) is 131 cm³/mol.